The van der Waals surface area contributed by atoms with Gasteiger partial charge in [-0.3, -0.25) is 0 Å². The maximum Gasteiger partial charge on any atom is 0.574 e. The first-order chi connectivity index (χ1) is 8.78. The number of nitriles is 1. The van der Waals surface area contributed by atoms with Crippen molar-refractivity contribution in [3.8, 4) is 11.9 Å². The van der Waals surface area contributed by atoms with E-state index in [1.165, 1.54) is 0 Å². The van der Waals surface area contributed by atoms with Crippen LogP contribution >= 0.6 is 11.6 Å². The van der Waals surface area contributed by atoms with E-state index in [-0.39, 0.29) is 11.3 Å². The molecule has 1 aromatic rings. The number of ether oxygens (including phenoxy) is 1. The molecule has 19 heavy (non-hydrogen) atoms. The Morgan fingerprint density at radius 1 is 1.42 bits per heavy atom. The number of alkyl halides is 6. The lowest BCUT2D eigenvalue weighted by molar-refractivity contribution is -0.276. The fourth-order valence-corrected chi connectivity index (χ4v) is 1.67. The predicted molar refractivity (Wildman–Crippen MR) is 54.8 cm³/mol. The minimum absolute atomic E-state index is 0.159. The average molecular weight is 301 g/mol. The van der Waals surface area contributed by atoms with Crippen molar-refractivity contribution in [2.24, 2.45) is 0 Å². The highest BCUT2D eigenvalue weighted by Crippen LogP contribution is 2.31. The zero-order chi connectivity index (χ0) is 14.6. The molecule has 0 aliphatic carbocycles. The Kier molecular flexibility index (Phi) is 4.89. The van der Waals surface area contributed by atoms with Gasteiger partial charge in [-0.1, -0.05) is 0 Å². The predicted octanol–water partition coefficient (Wildman–Crippen LogP) is 3.72. The summed E-state index contributed by atoms with van der Waals surface area (Å²) < 4.78 is 65.1. The van der Waals surface area contributed by atoms with Gasteiger partial charge in [0.25, 0.3) is 6.43 Å². The molecule has 0 N–H and O–H groups in total. The number of aromatic nitrogens is 1. The van der Waals surface area contributed by atoms with E-state index in [0.29, 0.717) is 6.07 Å². The van der Waals surface area contributed by atoms with Gasteiger partial charge < -0.3 is 4.74 Å². The molecule has 3 nitrogen and oxygen atoms in total. The zero-order valence-electron chi connectivity index (χ0n) is 9.14. The maximum atomic E-state index is 12.7. The lowest BCUT2D eigenvalue weighted by Crippen LogP contribution is -2.19. The van der Waals surface area contributed by atoms with Crippen LogP contribution in [0.4, 0.5) is 22.0 Å². The molecule has 0 unspecified atom stereocenters. The first-order valence-electron chi connectivity index (χ1n) is 4.78. The van der Waals surface area contributed by atoms with E-state index in [1.807, 2.05) is 0 Å². The molecule has 0 radical (unpaired) electrons. The van der Waals surface area contributed by atoms with Crippen molar-refractivity contribution in [3.63, 3.8) is 0 Å². The third-order valence-electron chi connectivity index (χ3n) is 2.06. The average Bonchev–Trinajstić information content (AvgIpc) is 2.26. The van der Waals surface area contributed by atoms with E-state index in [2.05, 4.69) is 9.72 Å². The minimum atomic E-state index is -5.06. The Labute approximate surface area is 109 Å². The van der Waals surface area contributed by atoms with Crippen LogP contribution in [0.3, 0.4) is 0 Å². The molecule has 0 amide bonds. The molecular weight excluding hydrogens is 295 g/mol. The van der Waals surface area contributed by atoms with Crippen molar-refractivity contribution in [1.29, 1.82) is 5.26 Å². The Balaban J connectivity index is 3.33. The lowest BCUT2D eigenvalue weighted by Gasteiger charge is -2.14. The fourth-order valence-electron chi connectivity index (χ4n) is 1.36. The van der Waals surface area contributed by atoms with Crippen molar-refractivity contribution in [2.45, 2.75) is 25.1 Å². The summed E-state index contributed by atoms with van der Waals surface area (Å²) in [6.45, 7) is 0. The van der Waals surface area contributed by atoms with Gasteiger partial charge in [-0.05, 0) is 5.56 Å². The molecule has 1 aromatic heterocycles. The summed E-state index contributed by atoms with van der Waals surface area (Å²) in [5.41, 5.74) is -1.14. The van der Waals surface area contributed by atoms with Gasteiger partial charge in [0, 0.05) is 17.5 Å². The molecule has 0 spiro atoms. The molecule has 0 aliphatic rings. The summed E-state index contributed by atoms with van der Waals surface area (Å²) >= 11 is 5.46. The maximum absolute atomic E-state index is 12.7. The standard InChI is InChI=1S/C10H6ClF5N2O/c11-4-6-5(9(12)13)3-8(19-10(14,15)16)18-7(6)1-2-17/h3,9H,1,4H2. The number of hydrogen-bond donors (Lipinski definition) is 0. The van der Waals surface area contributed by atoms with Crippen molar-refractivity contribution in [3.05, 3.63) is 22.9 Å². The van der Waals surface area contributed by atoms with Gasteiger partial charge in [0.2, 0.25) is 5.88 Å². The SMILES string of the molecule is N#CCc1nc(OC(F)(F)F)cc(C(F)F)c1CCl. The molecule has 0 bridgehead atoms. The van der Waals surface area contributed by atoms with E-state index < -0.39 is 36.5 Å². The third kappa shape index (κ3) is 4.21. The second kappa shape index (κ2) is 6.02. The Hall–Kier alpha value is -1.62. The fraction of sp³-hybridized carbons (Fsp3) is 0.400. The highest BCUT2D eigenvalue weighted by Gasteiger charge is 2.33. The minimum Gasteiger partial charge on any atom is -0.388 e. The number of rotatable bonds is 4. The van der Waals surface area contributed by atoms with Gasteiger partial charge in [0.05, 0.1) is 18.2 Å². The summed E-state index contributed by atoms with van der Waals surface area (Å²) in [5.74, 6) is -1.43. The normalized spacial score (nSPS) is 11.5. The molecule has 1 heterocycles. The van der Waals surface area contributed by atoms with Gasteiger partial charge in [-0.2, -0.15) is 5.26 Å². The quantitative estimate of drug-likeness (QED) is 0.629. The molecule has 0 aliphatic heterocycles. The first kappa shape index (κ1) is 15.4. The smallest absolute Gasteiger partial charge is 0.388 e. The monoisotopic (exact) mass is 300 g/mol. The largest absolute Gasteiger partial charge is 0.574 e. The van der Waals surface area contributed by atoms with Gasteiger partial charge in [-0.25, -0.2) is 13.8 Å². The zero-order valence-corrected chi connectivity index (χ0v) is 9.90. The number of pyridine rings is 1. The first-order valence-corrected chi connectivity index (χ1v) is 5.31. The number of nitrogens with zero attached hydrogens (tertiary/aromatic N) is 2. The summed E-state index contributed by atoms with van der Waals surface area (Å²) in [5, 5.41) is 8.51. The van der Waals surface area contributed by atoms with E-state index >= 15 is 0 Å². The van der Waals surface area contributed by atoms with E-state index in [1.54, 1.807) is 6.07 Å². The highest BCUT2D eigenvalue weighted by atomic mass is 35.5. The molecule has 104 valence electrons. The lowest BCUT2D eigenvalue weighted by atomic mass is 10.1. The molecule has 0 aromatic carbocycles. The molecular formula is C10H6ClF5N2O. The van der Waals surface area contributed by atoms with E-state index in [4.69, 9.17) is 16.9 Å². The summed E-state index contributed by atoms with van der Waals surface area (Å²) in [6.07, 6.45) is -8.56. The molecule has 0 fully saturated rings. The van der Waals surface area contributed by atoms with Crippen molar-refractivity contribution < 1.29 is 26.7 Å². The Morgan fingerprint density at radius 2 is 2.05 bits per heavy atom. The van der Waals surface area contributed by atoms with Crippen LogP contribution in [0.15, 0.2) is 6.07 Å². The van der Waals surface area contributed by atoms with E-state index in [9.17, 15) is 22.0 Å². The summed E-state index contributed by atoms with van der Waals surface area (Å²) in [7, 11) is 0. The van der Waals surface area contributed by atoms with Crippen molar-refractivity contribution in [1.82, 2.24) is 4.98 Å². The summed E-state index contributed by atoms with van der Waals surface area (Å²) in [4.78, 5) is 3.38. The number of halogens is 6. The molecule has 9 heteroatoms. The van der Waals surface area contributed by atoms with Crippen LogP contribution in [0.2, 0.25) is 0 Å². The van der Waals surface area contributed by atoms with Crippen LogP contribution in [0.25, 0.3) is 0 Å². The van der Waals surface area contributed by atoms with Crippen LogP contribution in [-0.2, 0) is 12.3 Å². The Bertz CT molecular complexity index is 498. The van der Waals surface area contributed by atoms with E-state index in [0.717, 1.165) is 0 Å². The highest BCUT2D eigenvalue weighted by molar-refractivity contribution is 6.17. The van der Waals surface area contributed by atoms with Crippen molar-refractivity contribution in [2.75, 3.05) is 0 Å². The summed E-state index contributed by atoms with van der Waals surface area (Å²) in [6, 6.07) is 2.08. The van der Waals surface area contributed by atoms with Crippen LogP contribution in [0.1, 0.15) is 23.2 Å². The van der Waals surface area contributed by atoms with Crippen LogP contribution in [0.5, 0.6) is 5.88 Å². The van der Waals surface area contributed by atoms with Gasteiger partial charge in [0.1, 0.15) is 0 Å². The second-order valence-corrected chi connectivity index (χ2v) is 3.56. The van der Waals surface area contributed by atoms with Crippen LogP contribution < -0.4 is 4.74 Å². The third-order valence-corrected chi connectivity index (χ3v) is 2.32. The molecule has 1 rings (SSSR count). The number of hydrogen-bond acceptors (Lipinski definition) is 3. The van der Waals surface area contributed by atoms with Gasteiger partial charge >= 0.3 is 6.36 Å². The van der Waals surface area contributed by atoms with Crippen LogP contribution in [0, 0.1) is 11.3 Å². The molecule has 0 saturated heterocycles. The van der Waals surface area contributed by atoms with Gasteiger partial charge in [0.15, 0.2) is 0 Å². The van der Waals surface area contributed by atoms with Crippen molar-refractivity contribution >= 4 is 11.6 Å². The van der Waals surface area contributed by atoms with Crippen LogP contribution in [-0.4, -0.2) is 11.3 Å². The molecule has 0 saturated carbocycles. The van der Waals surface area contributed by atoms with Gasteiger partial charge in [-0.15, -0.1) is 24.8 Å². The second-order valence-electron chi connectivity index (χ2n) is 3.29. The topological polar surface area (TPSA) is 45.9 Å². The molecule has 0 atom stereocenters. The Morgan fingerprint density at radius 3 is 2.47 bits per heavy atom.